The lowest BCUT2D eigenvalue weighted by Crippen LogP contribution is -2.01. The summed E-state index contributed by atoms with van der Waals surface area (Å²) < 4.78 is 4.42. The molecule has 8 heavy (non-hydrogen) atoms. The predicted octanol–water partition coefficient (Wildman–Crippen LogP) is 0.463. The second kappa shape index (κ2) is 4.13. The van der Waals surface area contributed by atoms with Gasteiger partial charge in [-0.25, -0.2) is 0 Å². The molecule has 0 amide bonds. The van der Waals surface area contributed by atoms with E-state index < -0.39 is 5.97 Å². The second-order valence-corrected chi connectivity index (χ2v) is 1.14. The van der Waals surface area contributed by atoms with E-state index in [0.717, 1.165) is 0 Å². The van der Waals surface area contributed by atoms with Gasteiger partial charge in [0.25, 0.3) is 0 Å². The van der Waals surface area contributed by atoms with Gasteiger partial charge in [0.1, 0.15) is 6.42 Å². The van der Waals surface area contributed by atoms with Crippen molar-refractivity contribution in [3.8, 4) is 6.07 Å². The number of nitrogens with zero attached hydrogens (tertiary/aromatic N) is 1. The van der Waals surface area contributed by atoms with Crippen LogP contribution in [0.25, 0.3) is 0 Å². The van der Waals surface area contributed by atoms with Crippen LogP contribution in [0.1, 0.15) is 13.3 Å². The fourth-order valence-corrected chi connectivity index (χ4v) is 0.277. The van der Waals surface area contributed by atoms with E-state index in [-0.39, 0.29) is 6.42 Å². The first-order valence-electron chi connectivity index (χ1n) is 2.33. The van der Waals surface area contributed by atoms with Gasteiger partial charge in [-0.3, -0.25) is 4.79 Å². The Balaban J connectivity index is 3.23. The summed E-state index contributed by atoms with van der Waals surface area (Å²) in [5.41, 5.74) is 0. The highest BCUT2D eigenvalue weighted by Gasteiger charge is 1.95. The lowest BCUT2D eigenvalue weighted by molar-refractivity contribution is -0.141. The summed E-state index contributed by atoms with van der Waals surface area (Å²) in [6.07, 6.45) is -0.145. The van der Waals surface area contributed by atoms with E-state index in [4.69, 9.17) is 5.26 Å². The summed E-state index contributed by atoms with van der Waals surface area (Å²) in [5, 5.41) is 7.91. The molecule has 0 aromatic carbocycles. The lowest BCUT2D eigenvalue weighted by Gasteiger charge is -1.92. The number of ether oxygens (including phenoxy) is 1. The summed E-state index contributed by atoms with van der Waals surface area (Å²) in [6.45, 7) is 2.05. The number of hydrogen-bond acceptors (Lipinski definition) is 3. The van der Waals surface area contributed by atoms with E-state index in [2.05, 4.69) is 4.74 Å². The SMILES string of the molecule is CCO[13C](=O)[13CH2]C#N. The normalized spacial score (nSPS) is 7.50. The van der Waals surface area contributed by atoms with Gasteiger partial charge < -0.3 is 4.74 Å². The van der Waals surface area contributed by atoms with Gasteiger partial charge in [0, 0.05) is 0 Å². The minimum absolute atomic E-state index is 0.145. The van der Waals surface area contributed by atoms with E-state index in [9.17, 15) is 4.79 Å². The first-order chi connectivity index (χ1) is 3.81. The highest BCUT2D eigenvalue weighted by Crippen LogP contribution is 1.81. The smallest absolute Gasteiger partial charge is 0.320 e. The molecule has 0 saturated carbocycles. The van der Waals surface area contributed by atoms with Crippen LogP contribution in [0.5, 0.6) is 0 Å². The average Bonchev–Trinajstić information content (AvgIpc) is 1.68. The molecule has 0 fully saturated rings. The molecule has 0 radical (unpaired) electrons. The van der Waals surface area contributed by atoms with Crippen LogP contribution in [0, 0.1) is 11.3 Å². The summed E-state index contributed by atoms with van der Waals surface area (Å²) in [5.74, 6) is -0.449. The fourth-order valence-electron chi connectivity index (χ4n) is 0.277. The predicted molar refractivity (Wildman–Crippen MR) is 26.9 cm³/mol. The van der Waals surface area contributed by atoms with Crippen molar-refractivity contribution in [2.45, 2.75) is 13.3 Å². The van der Waals surface area contributed by atoms with Crippen molar-refractivity contribution in [3.05, 3.63) is 0 Å². The summed E-state index contributed by atoms with van der Waals surface area (Å²) in [4.78, 5) is 10.2. The molecule has 0 aromatic rings. The van der Waals surface area contributed by atoms with Crippen LogP contribution < -0.4 is 0 Å². The third kappa shape index (κ3) is 3.16. The molecule has 0 heterocycles. The maximum atomic E-state index is 10.2. The van der Waals surface area contributed by atoms with Gasteiger partial charge in [-0.2, -0.15) is 5.26 Å². The minimum atomic E-state index is -0.449. The highest BCUT2D eigenvalue weighted by molar-refractivity contribution is 5.71. The van der Waals surface area contributed by atoms with Crippen molar-refractivity contribution >= 4 is 5.97 Å². The zero-order valence-electron chi connectivity index (χ0n) is 4.68. The van der Waals surface area contributed by atoms with Crippen molar-refractivity contribution in [1.82, 2.24) is 0 Å². The third-order valence-corrected chi connectivity index (χ3v) is 0.529. The lowest BCUT2D eigenvalue weighted by atomic mass is 10.9. The van der Waals surface area contributed by atoms with E-state index in [1.54, 1.807) is 13.0 Å². The van der Waals surface area contributed by atoms with Gasteiger partial charge in [0.2, 0.25) is 0 Å². The zero-order chi connectivity index (χ0) is 6.41. The quantitative estimate of drug-likeness (QED) is 0.388. The Morgan fingerprint density at radius 1 is 1.88 bits per heavy atom. The molecule has 0 aliphatic heterocycles. The Labute approximate surface area is 47.9 Å². The second-order valence-electron chi connectivity index (χ2n) is 1.14. The maximum Gasteiger partial charge on any atom is 0.320 e. The summed E-state index contributed by atoms with van der Waals surface area (Å²) >= 11 is 0. The molecule has 0 aromatic heterocycles. The average molecular weight is 115 g/mol. The van der Waals surface area contributed by atoms with Crippen molar-refractivity contribution in [2.75, 3.05) is 6.61 Å². The topological polar surface area (TPSA) is 50.1 Å². The molecule has 0 saturated heterocycles. The molecule has 0 spiro atoms. The first kappa shape index (κ1) is 6.96. The summed E-state index contributed by atoms with van der Waals surface area (Å²) in [7, 11) is 0. The van der Waals surface area contributed by atoms with Gasteiger partial charge >= 0.3 is 5.97 Å². The standard InChI is InChI=1S/C5H7NO2/c1-2-8-5(7)3-4-6/h2-3H2,1H3/i3+1,5+1. The molecule has 0 unspecified atom stereocenters. The largest absolute Gasteiger partial charge is 0.465 e. The van der Waals surface area contributed by atoms with Gasteiger partial charge in [-0.1, -0.05) is 0 Å². The van der Waals surface area contributed by atoms with E-state index >= 15 is 0 Å². The molecule has 44 valence electrons. The molecule has 3 nitrogen and oxygen atoms in total. The fraction of sp³-hybridized carbons (Fsp3) is 0.600. The van der Waals surface area contributed by atoms with E-state index in [0.29, 0.717) is 6.61 Å². The van der Waals surface area contributed by atoms with E-state index in [1.807, 2.05) is 0 Å². The van der Waals surface area contributed by atoms with Crippen LogP contribution in [0.3, 0.4) is 0 Å². The molecule has 0 aliphatic carbocycles. The van der Waals surface area contributed by atoms with E-state index in [1.165, 1.54) is 0 Å². The Kier molecular flexibility index (Phi) is 3.59. The van der Waals surface area contributed by atoms with Crippen molar-refractivity contribution in [3.63, 3.8) is 0 Å². The minimum Gasteiger partial charge on any atom is -0.465 e. The number of carbonyl (C=O) groups excluding carboxylic acids is 1. The monoisotopic (exact) mass is 115 g/mol. The third-order valence-electron chi connectivity index (χ3n) is 0.529. The van der Waals surface area contributed by atoms with Gasteiger partial charge in [0.05, 0.1) is 12.7 Å². The molecule has 0 aliphatic rings. The van der Waals surface area contributed by atoms with Crippen LogP contribution in [0.15, 0.2) is 0 Å². The number of nitriles is 1. The van der Waals surface area contributed by atoms with Gasteiger partial charge in [-0.05, 0) is 6.92 Å². The summed E-state index contributed by atoms with van der Waals surface area (Å²) in [6, 6.07) is 1.68. The highest BCUT2D eigenvalue weighted by atomic mass is 16.6. The van der Waals surface area contributed by atoms with Crippen LogP contribution in [-0.2, 0) is 9.53 Å². The number of rotatable bonds is 2. The molecule has 0 rings (SSSR count). The van der Waals surface area contributed by atoms with Crippen molar-refractivity contribution in [2.24, 2.45) is 0 Å². The molecule has 0 bridgehead atoms. The molecule has 0 N–H and O–H groups in total. The van der Waals surface area contributed by atoms with Crippen LogP contribution in [-0.4, -0.2) is 12.6 Å². The molecule has 0 atom stereocenters. The Morgan fingerprint density at radius 3 is 2.88 bits per heavy atom. The number of carbonyl (C=O) groups is 1. The first-order valence-corrected chi connectivity index (χ1v) is 2.33. The molecular weight excluding hydrogens is 108 g/mol. The number of esters is 1. The van der Waals surface area contributed by atoms with Gasteiger partial charge in [0.15, 0.2) is 0 Å². The van der Waals surface area contributed by atoms with Crippen molar-refractivity contribution < 1.29 is 9.53 Å². The molecule has 3 heteroatoms. The Bertz CT molecular complexity index is 114. The van der Waals surface area contributed by atoms with Crippen LogP contribution in [0.2, 0.25) is 0 Å². The maximum absolute atomic E-state index is 10.2. The van der Waals surface area contributed by atoms with Crippen molar-refractivity contribution in [1.29, 1.82) is 5.26 Å². The molecular formula is C5H7NO2. The Hall–Kier alpha value is -1.04. The number of hydrogen-bond donors (Lipinski definition) is 0. The van der Waals surface area contributed by atoms with Crippen LogP contribution in [0.4, 0.5) is 0 Å². The zero-order valence-corrected chi connectivity index (χ0v) is 4.68. The van der Waals surface area contributed by atoms with Crippen LogP contribution >= 0.6 is 0 Å². The van der Waals surface area contributed by atoms with Gasteiger partial charge in [-0.15, -0.1) is 0 Å². The Morgan fingerprint density at radius 2 is 2.50 bits per heavy atom.